The second-order valence-electron chi connectivity index (χ2n) is 4.57. The monoisotopic (exact) mass is 284 g/mol. The molecule has 0 spiro atoms. The predicted molar refractivity (Wildman–Crippen MR) is 80.4 cm³/mol. The minimum Gasteiger partial charge on any atom is -0.504 e. The maximum atomic E-state index is 11.4. The molecule has 2 rings (SSSR count). The highest BCUT2D eigenvalue weighted by Crippen LogP contribution is 2.27. The van der Waals surface area contributed by atoms with Gasteiger partial charge >= 0.3 is 5.97 Å². The van der Waals surface area contributed by atoms with Crippen LogP contribution in [-0.4, -0.2) is 23.3 Å². The highest BCUT2D eigenvalue weighted by molar-refractivity contribution is 5.92. The Morgan fingerprint density at radius 1 is 1.19 bits per heavy atom. The van der Waals surface area contributed by atoms with E-state index in [1.165, 1.54) is 13.2 Å². The summed E-state index contributed by atoms with van der Waals surface area (Å²) in [6, 6.07) is 14.2. The van der Waals surface area contributed by atoms with Gasteiger partial charge in [-0.3, -0.25) is 0 Å². The largest absolute Gasteiger partial charge is 0.504 e. The Morgan fingerprint density at radius 3 is 2.48 bits per heavy atom. The molecule has 0 atom stereocenters. The van der Waals surface area contributed by atoms with Crippen LogP contribution in [0.5, 0.6) is 11.5 Å². The average Bonchev–Trinajstić information content (AvgIpc) is 2.48. The highest BCUT2D eigenvalue weighted by Gasteiger charge is 2.09. The fourth-order valence-corrected chi connectivity index (χ4v) is 2.00. The van der Waals surface area contributed by atoms with Gasteiger partial charge in [-0.1, -0.05) is 36.4 Å². The van der Waals surface area contributed by atoms with Crippen LogP contribution in [0.15, 0.2) is 54.1 Å². The van der Waals surface area contributed by atoms with Crippen LogP contribution in [0.25, 0.3) is 6.08 Å². The topological polar surface area (TPSA) is 66.8 Å². The van der Waals surface area contributed by atoms with E-state index in [9.17, 15) is 15.0 Å². The normalized spacial score (nSPS) is 11.2. The number of aromatic hydroxyl groups is 1. The van der Waals surface area contributed by atoms with Gasteiger partial charge in [0.2, 0.25) is 0 Å². The second-order valence-corrected chi connectivity index (χ2v) is 4.57. The summed E-state index contributed by atoms with van der Waals surface area (Å²) < 4.78 is 4.96. The van der Waals surface area contributed by atoms with Gasteiger partial charge < -0.3 is 14.9 Å². The first kappa shape index (κ1) is 14.7. The average molecular weight is 284 g/mol. The zero-order valence-electron chi connectivity index (χ0n) is 11.6. The summed E-state index contributed by atoms with van der Waals surface area (Å²) in [6.45, 7) is 0. The number of carboxylic acid groups (broad SMARTS) is 1. The Hall–Kier alpha value is -2.75. The van der Waals surface area contributed by atoms with Crippen LogP contribution in [0.4, 0.5) is 0 Å². The fraction of sp³-hybridized carbons (Fsp3) is 0.118. The van der Waals surface area contributed by atoms with E-state index in [0.717, 1.165) is 5.56 Å². The standard InChI is InChI=1S/C17H16O4/c1-21-16-8-7-13(11-15(16)18)10-14(17(19)20)9-12-5-3-2-4-6-12/h2-8,10-11,18H,9H2,1H3,(H,19,20)/b14-10+. The summed E-state index contributed by atoms with van der Waals surface area (Å²) in [7, 11) is 1.46. The van der Waals surface area contributed by atoms with Crippen molar-refractivity contribution in [3.05, 3.63) is 65.2 Å². The molecule has 2 N–H and O–H groups in total. The van der Waals surface area contributed by atoms with Gasteiger partial charge in [-0.15, -0.1) is 0 Å². The predicted octanol–water partition coefficient (Wildman–Crippen LogP) is 3.11. The van der Waals surface area contributed by atoms with Crippen molar-refractivity contribution < 1.29 is 19.7 Å². The smallest absolute Gasteiger partial charge is 0.331 e. The third kappa shape index (κ3) is 3.86. The van der Waals surface area contributed by atoms with Crippen molar-refractivity contribution in [2.24, 2.45) is 0 Å². The SMILES string of the molecule is COc1ccc(/C=C(\Cc2ccccc2)C(=O)O)cc1O. The second kappa shape index (κ2) is 6.61. The number of phenols is 1. The van der Waals surface area contributed by atoms with E-state index in [-0.39, 0.29) is 11.3 Å². The number of rotatable bonds is 5. The number of benzene rings is 2. The first-order chi connectivity index (χ1) is 10.1. The van der Waals surface area contributed by atoms with Gasteiger partial charge in [-0.25, -0.2) is 4.79 Å². The van der Waals surface area contributed by atoms with Crippen molar-refractivity contribution in [1.29, 1.82) is 0 Å². The Bertz CT molecular complexity index is 660. The zero-order valence-corrected chi connectivity index (χ0v) is 11.6. The van der Waals surface area contributed by atoms with E-state index in [2.05, 4.69) is 0 Å². The number of hydrogen-bond acceptors (Lipinski definition) is 3. The third-order valence-corrected chi connectivity index (χ3v) is 3.06. The van der Waals surface area contributed by atoms with Crippen LogP contribution in [0.3, 0.4) is 0 Å². The van der Waals surface area contributed by atoms with E-state index >= 15 is 0 Å². The minimum absolute atomic E-state index is 0.0179. The zero-order chi connectivity index (χ0) is 15.2. The molecule has 4 nitrogen and oxygen atoms in total. The lowest BCUT2D eigenvalue weighted by Crippen LogP contribution is -2.03. The molecule has 4 heteroatoms. The molecule has 0 bridgehead atoms. The number of phenolic OH excluding ortho intramolecular Hbond substituents is 1. The lowest BCUT2D eigenvalue weighted by molar-refractivity contribution is -0.132. The van der Waals surface area contributed by atoms with Gasteiger partial charge in [0.1, 0.15) is 0 Å². The minimum atomic E-state index is -0.978. The number of carboxylic acids is 1. The molecule has 2 aromatic rings. The molecule has 2 aromatic carbocycles. The van der Waals surface area contributed by atoms with Crippen molar-refractivity contribution in [3.63, 3.8) is 0 Å². The fourth-order valence-electron chi connectivity index (χ4n) is 2.00. The van der Waals surface area contributed by atoms with E-state index in [1.54, 1.807) is 18.2 Å². The van der Waals surface area contributed by atoms with E-state index < -0.39 is 5.97 Å². The molecule has 0 aliphatic rings. The van der Waals surface area contributed by atoms with Crippen molar-refractivity contribution >= 4 is 12.0 Å². The number of methoxy groups -OCH3 is 1. The molecule has 0 aromatic heterocycles. The first-order valence-electron chi connectivity index (χ1n) is 6.45. The van der Waals surface area contributed by atoms with E-state index in [4.69, 9.17) is 4.74 Å². The Balaban J connectivity index is 2.29. The quantitative estimate of drug-likeness (QED) is 0.828. The maximum absolute atomic E-state index is 11.4. The molecule has 0 aliphatic heterocycles. The van der Waals surface area contributed by atoms with Crippen LogP contribution < -0.4 is 4.74 Å². The highest BCUT2D eigenvalue weighted by atomic mass is 16.5. The Labute approximate surface area is 122 Å². The molecule has 0 fully saturated rings. The molecule has 0 radical (unpaired) electrons. The molecule has 0 saturated carbocycles. The lowest BCUT2D eigenvalue weighted by Gasteiger charge is -2.06. The number of aliphatic carboxylic acids is 1. The number of carbonyl (C=O) groups is 1. The van der Waals surface area contributed by atoms with Crippen molar-refractivity contribution in [2.75, 3.05) is 7.11 Å². The van der Waals surface area contributed by atoms with Gasteiger partial charge in [-0.05, 0) is 29.3 Å². The molecule has 0 saturated heterocycles. The van der Waals surface area contributed by atoms with Crippen molar-refractivity contribution in [2.45, 2.75) is 6.42 Å². The third-order valence-electron chi connectivity index (χ3n) is 3.06. The first-order valence-corrected chi connectivity index (χ1v) is 6.45. The number of hydrogen-bond donors (Lipinski definition) is 2. The molecule has 0 unspecified atom stereocenters. The summed E-state index contributed by atoms with van der Waals surface area (Å²) >= 11 is 0. The van der Waals surface area contributed by atoms with Crippen LogP contribution in [-0.2, 0) is 11.2 Å². The van der Waals surface area contributed by atoms with Gasteiger partial charge in [0, 0.05) is 12.0 Å². The van der Waals surface area contributed by atoms with Gasteiger partial charge in [0.05, 0.1) is 7.11 Å². The molecule has 0 aliphatic carbocycles. The molecular formula is C17H16O4. The molecule has 0 heterocycles. The summed E-state index contributed by atoms with van der Waals surface area (Å²) in [5.74, 6) is -0.642. The molecule has 21 heavy (non-hydrogen) atoms. The van der Waals surface area contributed by atoms with Crippen LogP contribution in [0.2, 0.25) is 0 Å². The van der Waals surface area contributed by atoms with Gasteiger partial charge in [0.25, 0.3) is 0 Å². The van der Waals surface area contributed by atoms with Crippen LogP contribution >= 0.6 is 0 Å². The molecule has 108 valence electrons. The Morgan fingerprint density at radius 2 is 1.90 bits per heavy atom. The van der Waals surface area contributed by atoms with E-state index in [0.29, 0.717) is 17.7 Å². The van der Waals surface area contributed by atoms with Crippen LogP contribution in [0.1, 0.15) is 11.1 Å². The number of ether oxygens (including phenoxy) is 1. The van der Waals surface area contributed by atoms with Crippen molar-refractivity contribution in [1.82, 2.24) is 0 Å². The molecular weight excluding hydrogens is 268 g/mol. The Kier molecular flexibility index (Phi) is 4.61. The van der Waals surface area contributed by atoms with Crippen molar-refractivity contribution in [3.8, 4) is 11.5 Å². The van der Waals surface area contributed by atoms with Crippen LogP contribution in [0, 0.1) is 0 Å². The molecule has 0 amide bonds. The summed E-state index contributed by atoms with van der Waals surface area (Å²) in [5.41, 5.74) is 1.79. The summed E-state index contributed by atoms with van der Waals surface area (Å²) in [4.78, 5) is 11.4. The summed E-state index contributed by atoms with van der Waals surface area (Å²) in [6.07, 6.45) is 1.87. The summed E-state index contributed by atoms with van der Waals surface area (Å²) in [5, 5.41) is 19.0. The maximum Gasteiger partial charge on any atom is 0.331 e. The van der Waals surface area contributed by atoms with Gasteiger partial charge in [0.15, 0.2) is 11.5 Å². The van der Waals surface area contributed by atoms with E-state index in [1.807, 2.05) is 30.3 Å². The van der Waals surface area contributed by atoms with Gasteiger partial charge in [-0.2, -0.15) is 0 Å². The lowest BCUT2D eigenvalue weighted by atomic mass is 10.0.